The van der Waals surface area contributed by atoms with Crippen LogP contribution < -0.4 is 4.74 Å². The predicted octanol–water partition coefficient (Wildman–Crippen LogP) is 7.57. The van der Waals surface area contributed by atoms with E-state index < -0.39 is 0 Å². The fourth-order valence-electron chi connectivity index (χ4n) is 4.32. The first-order valence-corrected chi connectivity index (χ1v) is 11.0. The molecule has 2 heteroatoms. The lowest BCUT2D eigenvalue weighted by atomic mass is 9.82. The van der Waals surface area contributed by atoms with Crippen molar-refractivity contribution in [1.29, 1.82) is 0 Å². The summed E-state index contributed by atoms with van der Waals surface area (Å²) in [6.45, 7) is 4.43. The van der Waals surface area contributed by atoms with Gasteiger partial charge in [0, 0.05) is 11.5 Å². The summed E-state index contributed by atoms with van der Waals surface area (Å²) in [4.78, 5) is 4.69. The maximum absolute atomic E-state index is 6.52. The minimum Gasteiger partial charge on any atom is -0.484 e. The first-order chi connectivity index (χ1) is 14.2. The fraction of sp³-hybridized carbons (Fsp3) is 0.370. The molecule has 1 fully saturated rings. The third-order valence-electron chi connectivity index (χ3n) is 6.08. The van der Waals surface area contributed by atoms with Gasteiger partial charge in [-0.2, -0.15) is 0 Å². The van der Waals surface area contributed by atoms with Crippen molar-refractivity contribution in [3.05, 3.63) is 84.1 Å². The predicted molar refractivity (Wildman–Crippen MR) is 120 cm³/mol. The SMILES string of the molecule is CC(C)c1ccc(-c2ccc(OC(c3ccccc3)C3CCCCC3)cn2)cc1. The van der Waals surface area contributed by atoms with Gasteiger partial charge < -0.3 is 4.74 Å². The van der Waals surface area contributed by atoms with E-state index in [0.29, 0.717) is 11.8 Å². The van der Waals surface area contributed by atoms with Crippen LogP contribution in [-0.4, -0.2) is 4.98 Å². The number of pyridine rings is 1. The van der Waals surface area contributed by atoms with E-state index in [9.17, 15) is 0 Å². The van der Waals surface area contributed by atoms with Crippen LogP contribution in [-0.2, 0) is 0 Å². The second-order valence-corrected chi connectivity index (χ2v) is 8.50. The largest absolute Gasteiger partial charge is 0.484 e. The van der Waals surface area contributed by atoms with Gasteiger partial charge >= 0.3 is 0 Å². The molecule has 0 N–H and O–H groups in total. The summed E-state index contributed by atoms with van der Waals surface area (Å²) in [6.07, 6.45) is 8.44. The highest BCUT2D eigenvalue weighted by molar-refractivity contribution is 5.60. The minimum atomic E-state index is 0.106. The Morgan fingerprint density at radius 1 is 0.793 bits per heavy atom. The standard InChI is InChI=1S/C27H31NO/c1-20(2)21-13-15-22(16-14-21)26-18-17-25(19-28-26)29-27(23-9-5-3-6-10-23)24-11-7-4-8-12-24/h3,5-6,9-10,13-20,24,27H,4,7-8,11-12H2,1-2H3. The molecule has 2 nitrogen and oxygen atoms in total. The quantitative estimate of drug-likeness (QED) is 0.436. The number of ether oxygens (including phenoxy) is 1. The van der Waals surface area contributed by atoms with Crippen molar-refractivity contribution >= 4 is 0 Å². The van der Waals surface area contributed by atoms with E-state index >= 15 is 0 Å². The zero-order valence-electron chi connectivity index (χ0n) is 17.6. The van der Waals surface area contributed by atoms with E-state index in [1.807, 2.05) is 6.20 Å². The van der Waals surface area contributed by atoms with Crippen LogP contribution in [0.1, 0.15) is 69.1 Å². The highest BCUT2D eigenvalue weighted by Gasteiger charge is 2.26. The molecule has 0 amide bonds. The summed E-state index contributed by atoms with van der Waals surface area (Å²) in [7, 11) is 0. The molecule has 0 saturated heterocycles. The molecule has 4 rings (SSSR count). The molecular formula is C27H31NO. The molecule has 2 aromatic carbocycles. The van der Waals surface area contributed by atoms with Crippen molar-refractivity contribution < 1.29 is 4.74 Å². The summed E-state index contributed by atoms with van der Waals surface area (Å²) in [5, 5.41) is 0. The van der Waals surface area contributed by atoms with E-state index in [2.05, 4.69) is 80.6 Å². The molecule has 29 heavy (non-hydrogen) atoms. The number of rotatable bonds is 6. The molecule has 0 bridgehead atoms. The van der Waals surface area contributed by atoms with Crippen molar-refractivity contribution in [2.24, 2.45) is 5.92 Å². The topological polar surface area (TPSA) is 22.1 Å². The average molecular weight is 386 g/mol. The van der Waals surface area contributed by atoms with Gasteiger partial charge in [0.05, 0.1) is 11.9 Å². The lowest BCUT2D eigenvalue weighted by Crippen LogP contribution is -2.21. The lowest BCUT2D eigenvalue weighted by molar-refractivity contribution is 0.108. The zero-order valence-corrected chi connectivity index (χ0v) is 17.6. The minimum absolute atomic E-state index is 0.106. The molecule has 1 aliphatic carbocycles. The Hall–Kier alpha value is -2.61. The van der Waals surface area contributed by atoms with E-state index in [-0.39, 0.29) is 6.10 Å². The monoisotopic (exact) mass is 385 g/mol. The van der Waals surface area contributed by atoms with Gasteiger partial charge in [-0.25, -0.2) is 0 Å². The fourth-order valence-corrected chi connectivity index (χ4v) is 4.32. The van der Waals surface area contributed by atoms with Crippen LogP contribution in [0.5, 0.6) is 5.75 Å². The van der Waals surface area contributed by atoms with Crippen LogP contribution in [0, 0.1) is 5.92 Å². The Kier molecular flexibility index (Phi) is 6.29. The normalized spacial score (nSPS) is 16.0. The Morgan fingerprint density at radius 3 is 2.14 bits per heavy atom. The second kappa shape index (κ2) is 9.26. The van der Waals surface area contributed by atoms with Gasteiger partial charge in [0.1, 0.15) is 11.9 Å². The van der Waals surface area contributed by atoms with Crippen LogP contribution in [0.4, 0.5) is 0 Å². The second-order valence-electron chi connectivity index (χ2n) is 8.50. The van der Waals surface area contributed by atoms with Gasteiger partial charge in [-0.05, 0) is 42.0 Å². The first-order valence-electron chi connectivity index (χ1n) is 11.0. The van der Waals surface area contributed by atoms with Gasteiger partial charge in [0.25, 0.3) is 0 Å². The Morgan fingerprint density at radius 2 is 1.52 bits per heavy atom. The number of hydrogen-bond acceptors (Lipinski definition) is 2. The smallest absolute Gasteiger partial charge is 0.138 e. The van der Waals surface area contributed by atoms with E-state index in [4.69, 9.17) is 9.72 Å². The Balaban J connectivity index is 1.52. The summed E-state index contributed by atoms with van der Waals surface area (Å²) in [5.74, 6) is 1.98. The molecule has 0 aliphatic heterocycles. The van der Waals surface area contributed by atoms with Crippen molar-refractivity contribution in [3.63, 3.8) is 0 Å². The van der Waals surface area contributed by atoms with Gasteiger partial charge in [-0.15, -0.1) is 0 Å². The van der Waals surface area contributed by atoms with Crippen molar-refractivity contribution in [3.8, 4) is 17.0 Å². The summed E-state index contributed by atoms with van der Waals surface area (Å²) in [6, 6.07) is 23.5. The lowest BCUT2D eigenvalue weighted by Gasteiger charge is -2.31. The number of aromatic nitrogens is 1. The maximum Gasteiger partial charge on any atom is 0.138 e. The van der Waals surface area contributed by atoms with Crippen LogP contribution in [0.2, 0.25) is 0 Å². The van der Waals surface area contributed by atoms with E-state index in [1.54, 1.807) is 0 Å². The summed E-state index contributed by atoms with van der Waals surface area (Å²) >= 11 is 0. The Bertz CT molecular complexity index is 878. The molecule has 1 aliphatic rings. The van der Waals surface area contributed by atoms with Gasteiger partial charge in [0.15, 0.2) is 0 Å². The highest BCUT2D eigenvalue weighted by Crippen LogP contribution is 2.37. The van der Waals surface area contributed by atoms with Crippen LogP contribution in [0.3, 0.4) is 0 Å². The zero-order chi connectivity index (χ0) is 20.1. The van der Waals surface area contributed by atoms with E-state index in [0.717, 1.165) is 17.0 Å². The van der Waals surface area contributed by atoms with Crippen LogP contribution in [0.15, 0.2) is 72.9 Å². The molecule has 3 aromatic rings. The molecular weight excluding hydrogens is 354 g/mol. The highest BCUT2D eigenvalue weighted by atomic mass is 16.5. The van der Waals surface area contributed by atoms with Crippen LogP contribution in [0.25, 0.3) is 11.3 Å². The molecule has 1 aromatic heterocycles. The number of benzene rings is 2. The molecule has 1 unspecified atom stereocenters. The molecule has 1 heterocycles. The molecule has 150 valence electrons. The molecule has 1 saturated carbocycles. The van der Waals surface area contributed by atoms with E-state index in [1.165, 1.54) is 43.2 Å². The van der Waals surface area contributed by atoms with Crippen molar-refractivity contribution in [2.45, 2.75) is 58.0 Å². The van der Waals surface area contributed by atoms with Crippen molar-refractivity contribution in [1.82, 2.24) is 4.98 Å². The number of nitrogens with zero attached hydrogens (tertiary/aromatic N) is 1. The Labute approximate surface area is 175 Å². The summed E-state index contributed by atoms with van der Waals surface area (Å²) in [5.41, 5.74) is 4.76. The average Bonchev–Trinajstić information content (AvgIpc) is 2.79. The van der Waals surface area contributed by atoms with Gasteiger partial charge in [-0.1, -0.05) is 87.7 Å². The summed E-state index contributed by atoms with van der Waals surface area (Å²) < 4.78 is 6.52. The van der Waals surface area contributed by atoms with Crippen LogP contribution >= 0.6 is 0 Å². The maximum atomic E-state index is 6.52. The third kappa shape index (κ3) is 4.87. The van der Waals surface area contributed by atoms with Crippen molar-refractivity contribution in [2.75, 3.05) is 0 Å². The van der Waals surface area contributed by atoms with Gasteiger partial charge in [-0.3, -0.25) is 4.98 Å². The molecule has 0 spiro atoms. The van der Waals surface area contributed by atoms with Gasteiger partial charge in [0.2, 0.25) is 0 Å². The third-order valence-corrected chi connectivity index (χ3v) is 6.08. The first kappa shape index (κ1) is 19.7. The number of hydrogen-bond donors (Lipinski definition) is 0. The molecule has 0 radical (unpaired) electrons. The molecule has 1 atom stereocenters.